The number of anilines is 1. The average Bonchev–Trinajstić information content (AvgIpc) is 3.42. The van der Waals surface area contributed by atoms with Crippen molar-refractivity contribution in [2.24, 2.45) is 0 Å². The molecule has 0 saturated carbocycles. The van der Waals surface area contributed by atoms with Crippen molar-refractivity contribution in [2.45, 2.75) is 38.7 Å². The monoisotopic (exact) mass is 463 g/mol. The topological polar surface area (TPSA) is 104 Å². The fourth-order valence-electron chi connectivity index (χ4n) is 3.95. The van der Waals surface area contributed by atoms with Gasteiger partial charge in [0.2, 0.25) is 5.95 Å². The van der Waals surface area contributed by atoms with E-state index < -0.39 is 5.60 Å². The van der Waals surface area contributed by atoms with Crippen molar-refractivity contribution in [1.82, 2.24) is 19.3 Å². The number of nitrogens with zero attached hydrogens (tertiary/aromatic N) is 4. The number of methoxy groups -OCH3 is 2. The molecule has 1 unspecified atom stereocenters. The number of carbonyl (C=O) groups excluding carboxylic acids is 1. The molecular formula is C25H29N5O4. The molecule has 3 aromatic rings. The van der Waals surface area contributed by atoms with Crippen LogP contribution in [0.25, 0.3) is 5.52 Å². The lowest BCUT2D eigenvalue weighted by Gasteiger charge is -2.24. The number of nitrogen functional groups attached to an aromatic ring is 1. The fourth-order valence-corrected chi connectivity index (χ4v) is 3.95. The van der Waals surface area contributed by atoms with Gasteiger partial charge in [0.15, 0.2) is 5.82 Å². The summed E-state index contributed by atoms with van der Waals surface area (Å²) in [6.07, 6.45) is 2.11. The van der Waals surface area contributed by atoms with Crippen molar-refractivity contribution < 1.29 is 19.0 Å². The molecule has 9 heteroatoms. The molecule has 1 fully saturated rings. The zero-order chi connectivity index (χ0) is 24.5. The Morgan fingerprint density at radius 2 is 1.85 bits per heavy atom. The lowest BCUT2D eigenvalue weighted by atomic mass is 10.0. The molecule has 0 spiro atoms. The third-order valence-corrected chi connectivity index (χ3v) is 5.51. The SMILES string of the molecule is COc1cc(C#Cc2nc(C3CCN(C(=O)OC(C)(C)C)C3)c3ccnc(N)n23)cc(OC)c1. The maximum Gasteiger partial charge on any atom is 0.410 e. The van der Waals surface area contributed by atoms with Crippen LogP contribution in [0, 0.1) is 11.8 Å². The van der Waals surface area contributed by atoms with Crippen LogP contribution < -0.4 is 15.2 Å². The lowest BCUT2D eigenvalue weighted by molar-refractivity contribution is 0.0292. The van der Waals surface area contributed by atoms with Crippen LogP contribution in [0.15, 0.2) is 30.5 Å². The van der Waals surface area contributed by atoms with Crippen LogP contribution in [0.3, 0.4) is 0 Å². The minimum atomic E-state index is -0.540. The Balaban J connectivity index is 1.67. The Morgan fingerprint density at radius 3 is 2.50 bits per heavy atom. The highest BCUT2D eigenvalue weighted by Gasteiger charge is 2.33. The van der Waals surface area contributed by atoms with Crippen molar-refractivity contribution in [1.29, 1.82) is 0 Å². The second-order valence-corrected chi connectivity index (χ2v) is 9.11. The predicted octanol–water partition coefficient (Wildman–Crippen LogP) is 3.45. The van der Waals surface area contributed by atoms with Crippen molar-refractivity contribution in [3.05, 3.63) is 47.5 Å². The largest absolute Gasteiger partial charge is 0.497 e. The Labute approximate surface area is 198 Å². The molecule has 1 amide bonds. The maximum atomic E-state index is 12.5. The van der Waals surface area contributed by atoms with Crippen LogP contribution in [-0.2, 0) is 4.74 Å². The molecule has 1 aliphatic heterocycles. The Bertz CT molecular complexity index is 1260. The van der Waals surface area contributed by atoms with E-state index in [1.165, 1.54) is 0 Å². The van der Waals surface area contributed by atoms with E-state index in [-0.39, 0.29) is 12.0 Å². The minimum absolute atomic E-state index is 0.0387. The highest BCUT2D eigenvalue weighted by Crippen LogP contribution is 2.31. The van der Waals surface area contributed by atoms with E-state index in [9.17, 15) is 4.79 Å². The maximum absolute atomic E-state index is 12.5. The first-order valence-electron chi connectivity index (χ1n) is 11.0. The molecular weight excluding hydrogens is 434 g/mol. The number of nitrogens with two attached hydrogens (primary N) is 1. The average molecular weight is 464 g/mol. The lowest BCUT2D eigenvalue weighted by Crippen LogP contribution is -2.35. The molecule has 0 radical (unpaired) electrons. The van der Waals surface area contributed by atoms with Crippen LogP contribution in [0.4, 0.5) is 10.7 Å². The molecule has 9 nitrogen and oxygen atoms in total. The van der Waals surface area contributed by atoms with Crippen LogP contribution in [0.5, 0.6) is 11.5 Å². The van der Waals surface area contributed by atoms with E-state index in [0.717, 1.165) is 17.6 Å². The van der Waals surface area contributed by atoms with E-state index in [1.807, 2.05) is 39.0 Å². The summed E-state index contributed by atoms with van der Waals surface area (Å²) in [5.41, 5.74) is 8.04. The number of amides is 1. The summed E-state index contributed by atoms with van der Waals surface area (Å²) in [6, 6.07) is 7.30. The van der Waals surface area contributed by atoms with Crippen LogP contribution >= 0.6 is 0 Å². The normalized spacial score (nSPS) is 15.7. The van der Waals surface area contributed by atoms with E-state index in [1.54, 1.807) is 35.8 Å². The van der Waals surface area contributed by atoms with Gasteiger partial charge in [-0.05, 0) is 51.3 Å². The van der Waals surface area contributed by atoms with E-state index in [4.69, 9.17) is 24.9 Å². The number of hydrogen-bond acceptors (Lipinski definition) is 7. The first kappa shape index (κ1) is 23.2. The van der Waals surface area contributed by atoms with Crippen molar-refractivity contribution in [3.63, 3.8) is 0 Å². The fraction of sp³-hybridized carbons (Fsp3) is 0.400. The summed E-state index contributed by atoms with van der Waals surface area (Å²) in [5.74, 6) is 8.35. The van der Waals surface area contributed by atoms with E-state index >= 15 is 0 Å². The third-order valence-electron chi connectivity index (χ3n) is 5.51. The molecule has 1 aromatic carbocycles. The highest BCUT2D eigenvalue weighted by molar-refractivity contribution is 5.69. The van der Waals surface area contributed by atoms with Crippen LogP contribution in [0.1, 0.15) is 50.2 Å². The predicted molar refractivity (Wildman–Crippen MR) is 128 cm³/mol. The summed E-state index contributed by atoms with van der Waals surface area (Å²) in [5, 5.41) is 0. The summed E-state index contributed by atoms with van der Waals surface area (Å²) in [7, 11) is 3.18. The van der Waals surface area contributed by atoms with Gasteiger partial charge < -0.3 is 24.8 Å². The van der Waals surface area contributed by atoms with Gasteiger partial charge in [0, 0.05) is 36.8 Å². The molecule has 34 heavy (non-hydrogen) atoms. The van der Waals surface area contributed by atoms with Crippen molar-refractivity contribution in [3.8, 4) is 23.3 Å². The van der Waals surface area contributed by atoms with Crippen molar-refractivity contribution in [2.75, 3.05) is 33.0 Å². The van der Waals surface area contributed by atoms with Gasteiger partial charge in [0.05, 0.1) is 25.4 Å². The molecule has 0 aliphatic carbocycles. The Morgan fingerprint density at radius 1 is 1.15 bits per heavy atom. The Hall–Kier alpha value is -3.93. The second kappa shape index (κ2) is 9.14. The van der Waals surface area contributed by atoms with Gasteiger partial charge >= 0.3 is 6.09 Å². The van der Waals surface area contributed by atoms with Gasteiger partial charge in [-0.1, -0.05) is 5.92 Å². The zero-order valence-electron chi connectivity index (χ0n) is 20.1. The van der Waals surface area contributed by atoms with Crippen molar-refractivity contribution >= 4 is 17.6 Å². The number of aromatic nitrogens is 3. The van der Waals surface area contributed by atoms with Crippen LogP contribution in [0.2, 0.25) is 0 Å². The molecule has 178 valence electrons. The number of fused-ring (bicyclic) bond motifs is 1. The number of rotatable bonds is 3. The number of ether oxygens (including phenoxy) is 3. The molecule has 2 N–H and O–H groups in total. The molecule has 1 aliphatic rings. The van der Waals surface area contributed by atoms with Gasteiger partial charge in [-0.25, -0.2) is 14.8 Å². The number of benzene rings is 1. The van der Waals surface area contributed by atoms with Gasteiger partial charge in [-0.2, -0.15) is 0 Å². The molecule has 1 atom stereocenters. The number of hydrogen-bond donors (Lipinski definition) is 1. The first-order valence-corrected chi connectivity index (χ1v) is 11.0. The van der Waals surface area contributed by atoms with Gasteiger partial charge in [-0.15, -0.1) is 0 Å². The number of carbonyl (C=O) groups is 1. The summed E-state index contributed by atoms with van der Waals surface area (Å²) in [4.78, 5) is 23.3. The molecule has 4 rings (SSSR count). The number of likely N-dealkylation sites (tertiary alicyclic amines) is 1. The molecule has 1 saturated heterocycles. The molecule has 2 aromatic heterocycles. The third kappa shape index (κ3) is 4.86. The van der Waals surface area contributed by atoms with Gasteiger partial charge in [0.25, 0.3) is 0 Å². The zero-order valence-corrected chi connectivity index (χ0v) is 20.1. The highest BCUT2D eigenvalue weighted by atomic mass is 16.6. The Kier molecular flexibility index (Phi) is 6.24. The molecule has 0 bridgehead atoms. The number of imidazole rings is 1. The van der Waals surface area contributed by atoms with Gasteiger partial charge in [-0.3, -0.25) is 4.40 Å². The minimum Gasteiger partial charge on any atom is -0.497 e. The summed E-state index contributed by atoms with van der Waals surface area (Å²) in [6.45, 7) is 6.70. The van der Waals surface area contributed by atoms with Crippen LogP contribution in [-0.4, -0.2) is 58.3 Å². The second-order valence-electron chi connectivity index (χ2n) is 9.11. The standard InChI is InChI=1S/C25H29N5O4/c1-25(2,3)34-24(31)29-11-9-17(15-29)22-20-8-10-27-23(26)30(20)21(28-22)7-6-16-12-18(32-4)14-19(13-16)33-5/h8,10,12-14,17H,9,11,15H2,1-5H3,(H2,26,27). The summed E-state index contributed by atoms with van der Waals surface area (Å²) >= 11 is 0. The van der Waals surface area contributed by atoms with Gasteiger partial charge in [0.1, 0.15) is 17.1 Å². The molecule has 3 heterocycles. The quantitative estimate of drug-likeness (QED) is 0.593. The van der Waals surface area contributed by atoms with E-state index in [2.05, 4.69) is 16.8 Å². The first-order chi connectivity index (χ1) is 16.2. The smallest absolute Gasteiger partial charge is 0.410 e. The van der Waals surface area contributed by atoms with E-state index in [0.29, 0.717) is 41.9 Å². The summed E-state index contributed by atoms with van der Waals surface area (Å²) < 4.78 is 17.9.